The minimum Gasteiger partial charge on any atom is -0.354 e. The molecule has 0 radical (unpaired) electrons. The van der Waals surface area contributed by atoms with Gasteiger partial charge < -0.3 is 4.98 Å². The van der Waals surface area contributed by atoms with Crippen LogP contribution in [0.3, 0.4) is 0 Å². The molecule has 2 heterocycles. The molecule has 3 nitrogen and oxygen atoms in total. The second kappa shape index (κ2) is 13.1. The quantitative estimate of drug-likeness (QED) is 0.197. The minimum atomic E-state index is 0.444. The van der Waals surface area contributed by atoms with E-state index in [2.05, 4.69) is 135 Å². The van der Waals surface area contributed by atoms with E-state index < -0.39 is 0 Å². The molecule has 8 rings (SSSR count). The van der Waals surface area contributed by atoms with Crippen molar-refractivity contribution in [3.05, 3.63) is 150 Å². The van der Waals surface area contributed by atoms with Crippen molar-refractivity contribution in [1.29, 1.82) is 0 Å². The highest BCUT2D eigenvalue weighted by Gasteiger charge is 2.16. The first-order chi connectivity index (χ1) is 23.1. The molecule has 1 N–H and O–H groups in total. The number of aryl methyl sites for hydroxylation is 1. The van der Waals surface area contributed by atoms with E-state index in [0.29, 0.717) is 5.92 Å². The Kier molecular flexibility index (Phi) is 8.37. The lowest BCUT2D eigenvalue weighted by atomic mass is 9.95. The van der Waals surface area contributed by atoms with E-state index in [1.165, 1.54) is 60.0 Å². The van der Waals surface area contributed by atoms with Crippen LogP contribution in [0.15, 0.2) is 134 Å². The fourth-order valence-electron chi connectivity index (χ4n) is 6.60. The molecule has 0 aliphatic carbocycles. The Morgan fingerprint density at radius 1 is 0.702 bits per heavy atom. The molecule has 0 amide bonds. The van der Waals surface area contributed by atoms with Crippen molar-refractivity contribution >= 4 is 49.4 Å². The number of nitrogens with one attached hydrogen (secondary N) is 1. The summed E-state index contributed by atoms with van der Waals surface area (Å²) in [6.07, 6.45) is 7.35. The number of aromatic nitrogens is 3. The van der Waals surface area contributed by atoms with Crippen LogP contribution >= 0.6 is 0 Å². The number of rotatable bonds is 5. The topological polar surface area (TPSA) is 41.6 Å². The van der Waals surface area contributed by atoms with Gasteiger partial charge in [-0.15, -0.1) is 0 Å². The first-order valence-corrected chi connectivity index (χ1v) is 16.5. The lowest BCUT2D eigenvalue weighted by Gasteiger charge is -2.15. The Balaban J connectivity index is 0.000000151. The number of nitrogens with zero attached hydrogens (tertiary/aromatic N) is 2. The number of hydrogen-bond acceptors (Lipinski definition) is 2. The van der Waals surface area contributed by atoms with Gasteiger partial charge in [0.15, 0.2) is 5.82 Å². The molecular weight excluding hydrogens is 571 g/mol. The highest BCUT2D eigenvalue weighted by molar-refractivity contribution is 6.31. The second-order valence-corrected chi connectivity index (χ2v) is 12.3. The maximum Gasteiger partial charge on any atom is 0.159 e. The van der Waals surface area contributed by atoms with Crippen molar-refractivity contribution in [1.82, 2.24) is 15.0 Å². The molecule has 2 aromatic heterocycles. The molecular formula is C44H39N3. The summed E-state index contributed by atoms with van der Waals surface area (Å²) in [6.45, 7) is 8.69. The number of H-pyrrole nitrogens is 1. The molecule has 0 spiro atoms. The van der Waals surface area contributed by atoms with Crippen LogP contribution in [0.5, 0.6) is 0 Å². The van der Waals surface area contributed by atoms with Crippen LogP contribution in [-0.2, 0) is 0 Å². The van der Waals surface area contributed by atoms with Crippen LogP contribution in [-0.4, -0.2) is 15.0 Å². The fourth-order valence-corrected chi connectivity index (χ4v) is 6.60. The van der Waals surface area contributed by atoms with Gasteiger partial charge >= 0.3 is 0 Å². The Bertz CT molecular complexity index is 2370. The Hall–Kier alpha value is -5.54. The molecule has 1 unspecified atom stereocenters. The van der Waals surface area contributed by atoms with E-state index in [0.717, 1.165) is 29.1 Å². The highest BCUT2D eigenvalue weighted by Crippen LogP contribution is 2.39. The van der Waals surface area contributed by atoms with Crippen LogP contribution in [0, 0.1) is 6.92 Å². The largest absolute Gasteiger partial charge is 0.354 e. The molecule has 0 fully saturated rings. The van der Waals surface area contributed by atoms with E-state index in [-0.39, 0.29) is 0 Å². The molecule has 0 saturated heterocycles. The summed E-state index contributed by atoms with van der Waals surface area (Å²) in [7, 11) is 0. The van der Waals surface area contributed by atoms with Gasteiger partial charge in [0, 0.05) is 39.0 Å². The van der Waals surface area contributed by atoms with Crippen molar-refractivity contribution in [3.8, 4) is 22.6 Å². The highest BCUT2D eigenvalue weighted by atomic mass is 14.9. The number of aromatic amines is 1. The summed E-state index contributed by atoms with van der Waals surface area (Å²) in [6, 6.07) is 42.5. The third-order valence-electron chi connectivity index (χ3n) is 9.25. The summed E-state index contributed by atoms with van der Waals surface area (Å²) in [5, 5.41) is 7.88. The van der Waals surface area contributed by atoms with Gasteiger partial charge in [-0.05, 0) is 71.2 Å². The third kappa shape index (κ3) is 5.70. The normalized spacial score (nSPS) is 12.2. The maximum atomic E-state index is 4.87. The average molecular weight is 610 g/mol. The van der Waals surface area contributed by atoms with Crippen molar-refractivity contribution in [3.63, 3.8) is 0 Å². The monoisotopic (exact) mass is 609 g/mol. The van der Waals surface area contributed by atoms with Gasteiger partial charge in [0.05, 0.1) is 11.2 Å². The number of benzene rings is 6. The molecule has 6 aromatic carbocycles. The zero-order valence-corrected chi connectivity index (χ0v) is 27.5. The van der Waals surface area contributed by atoms with Crippen molar-refractivity contribution in [2.24, 2.45) is 0 Å². The maximum absolute atomic E-state index is 4.87. The van der Waals surface area contributed by atoms with Gasteiger partial charge in [0.25, 0.3) is 0 Å². The van der Waals surface area contributed by atoms with E-state index in [9.17, 15) is 0 Å². The van der Waals surface area contributed by atoms with Gasteiger partial charge in [0.1, 0.15) is 0 Å². The Labute approximate surface area is 276 Å². The first kappa shape index (κ1) is 30.1. The van der Waals surface area contributed by atoms with Crippen LogP contribution in [0.25, 0.3) is 72.1 Å². The fraction of sp³-hybridized carbons (Fsp3) is 0.136. The van der Waals surface area contributed by atoms with Crippen LogP contribution in [0.4, 0.5) is 0 Å². The zero-order valence-electron chi connectivity index (χ0n) is 27.5. The average Bonchev–Trinajstić information content (AvgIpc) is 3.51. The predicted molar refractivity (Wildman–Crippen MR) is 202 cm³/mol. The molecule has 0 aliphatic rings. The molecule has 230 valence electrons. The molecule has 47 heavy (non-hydrogen) atoms. The number of hydrogen-bond donors (Lipinski definition) is 1. The molecule has 8 aromatic rings. The number of allylic oxidation sites excluding steroid dienone is 1. The third-order valence-corrected chi connectivity index (χ3v) is 9.25. The van der Waals surface area contributed by atoms with Crippen LogP contribution < -0.4 is 0 Å². The second-order valence-electron chi connectivity index (χ2n) is 12.3. The van der Waals surface area contributed by atoms with Gasteiger partial charge in [-0.25, -0.2) is 9.97 Å². The molecule has 3 heteroatoms. The molecule has 1 atom stereocenters. The summed E-state index contributed by atoms with van der Waals surface area (Å²) in [5.74, 6) is 1.23. The van der Waals surface area contributed by atoms with Crippen molar-refractivity contribution in [2.45, 2.75) is 40.0 Å². The first-order valence-electron chi connectivity index (χ1n) is 16.5. The smallest absolute Gasteiger partial charge is 0.159 e. The van der Waals surface area contributed by atoms with Crippen molar-refractivity contribution < 1.29 is 0 Å². The van der Waals surface area contributed by atoms with Gasteiger partial charge in [-0.1, -0.05) is 135 Å². The van der Waals surface area contributed by atoms with Gasteiger partial charge in [0.2, 0.25) is 0 Å². The zero-order chi connectivity index (χ0) is 32.3. The predicted octanol–water partition coefficient (Wildman–Crippen LogP) is 12.3. The van der Waals surface area contributed by atoms with E-state index >= 15 is 0 Å². The Morgan fingerprint density at radius 3 is 1.96 bits per heavy atom. The summed E-state index contributed by atoms with van der Waals surface area (Å²) < 4.78 is 0. The summed E-state index contributed by atoms with van der Waals surface area (Å²) in [5.41, 5.74) is 9.49. The summed E-state index contributed by atoms with van der Waals surface area (Å²) in [4.78, 5) is 13.2. The lowest BCUT2D eigenvalue weighted by Crippen LogP contribution is -2.01. The molecule has 0 bridgehead atoms. The number of fused-ring (bicyclic) bond motifs is 8. The van der Waals surface area contributed by atoms with Crippen molar-refractivity contribution in [2.75, 3.05) is 0 Å². The molecule has 0 saturated carbocycles. The van der Waals surface area contributed by atoms with E-state index in [1.54, 1.807) is 0 Å². The minimum absolute atomic E-state index is 0.444. The standard InChI is InChI=1S/C24H19N.C20H20N2/c1-3-8-16-14-22-21(13-15(16)2)23-19-11-6-4-9-17(19)18-10-5-7-12-20(18)24(23)25-22;1-3-15(2)18-14-21-20(17-12-8-5-9-13-17)22-19(18)16-10-6-4-7-11-16/h3-14,25H,1-2H3;4-15H,3H2,1-2H3/b8-3-;. The van der Waals surface area contributed by atoms with Gasteiger partial charge in [-0.3, -0.25) is 0 Å². The van der Waals surface area contributed by atoms with Crippen LogP contribution in [0.2, 0.25) is 0 Å². The van der Waals surface area contributed by atoms with Gasteiger partial charge in [-0.2, -0.15) is 0 Å². The van der Waals surface area contributed by atoms with E-state index in [4.69, 9.17) is 4.98 Å². The van der Waals surface area contributed by atoms with Crippen LogP contribution in [0.1, 0.15) is 49.8 Å². The van der Waals surface area contributed by atoms with E-state index in [1.807, 2.05) is 42.6 Å². The molecule has 0 aliphatic heterocycles. The summed E-state index contributed by atoms with van der Waals surface area (Å²) >= 11 is 0. The SMILES string of the molecule is C/C=C\c1cc2[nH]c3c4ccccc4c4ccccc4c3c2cc1C.CCC(C)c1cnc(-c2ccccc2)nc1-c1ccccc1. The Morgan fingerprint density at radius 2 is 1.30 bits per heavy atom. The lowest BCUT2D eigenvalue weighted by molar-refractivity contribution is 0.727.